The van der Waals surface area contributed by atoms with Gasteiger partial charge in [0.2, 0.25) is 0 Å². The van der Waals surface area contributed by atoms with Gasteiger partial charge >= 0.3 is 0 Å². The summed E-state index contributed by atoms with van der Waals surface area (Å²) >= 11 is 0. The molecule has 29 heavy (non-hydrogen) atoms. The quantitative estimate of drug-likeness (QED) is 0.548. The molecule has 6 nitrogen and oxygen atoms in total. The molecule has 1 aliphatic rings. The molecule has 2 aromatic carbocycles. The number of carbonyl (C=O) groups is 2. The van der Waals surface area contributed by atoms with Crippen molar-refractivity contribution < 1.29 is 19.1 Å². The standard InChI is InChI=1S/C23H26N2O4/c1-15-9-10-17(13-16(15)2)20-21(24-18-7-5-8-19(14-18)29-4)23(27)25(22(20)26)11-6-12-28-3/h5,7-10,13-14,24H,6,11-12H2,1-4H3. The lowest BCUT2D eigenvalue weighted by molar-refractivity contribution is -0.136. The van der Waals surface area contributed by atoms with Crippen molar-refractivity contribution in [1.29, 1.82) is 0 Å². The molecule has 0 unspecified atom stereocenters. The second-order valence-corrected chi connectivity index (χ2v) is 7.01. The lowest BCUT2D eigenvalue weighted by atomic mass is 9.99. The first kappa shape index (κ1) is 20.6. The first-order valence-corrected chi connectivity index (χ1v) is 9.54. The number of methoxy groups -OCH3 is 2. The predicted molar refractivity (Wildman–Crippen MR) is 113 cm³/mol. The number of amides is 2. The summed E-state index contributed by atoms with van der Waals surface area (Å²) < 4.78 is 10.3. The molecular weight excluding hydrogens is 368 g/mol. The lowest BCUT2D eigenvalue weighted by Gasteiger charge is -2.15. The van der Waals surface area contributed by atoms with E-state index in [1.165, 1.54) is 4.90 Å². The van der Waals surface area contributed by atoms with Crippen LogP contribution >= 0.6 is 0 Å². The Morgan fingerprint density at radius 1 is 0.966 bits per heavy atom. The summed E-state index contributed by atoms with van der Waals surface area (Å²) in [6.07, 6.45) is 0.584. The summed E-state index contributed by atoms with van der Waals surface area (Å²) in [6, 6.07) is 13.1. The van der Waals surface area contributed by atoms with Crippen molar-refractivity contribution >= 4 is 23.1 Å². The Morgan fingerprint density at radius 2 is 1.76 bits per heavy atom. The largest absolute Gasteiger partial charge is 0.497 e. The SMILES string of the molecule is COCCCN1C(=O)C(Nc2cccc(OC)c2)=C(c2ccc(C)c(C)c2)C1=O. The van der Waals surface area contributed by atoms with Crippen LogP contribution in [0.2, 0.25) is 0 Å². The van der Waals surface area contributed by atoms with Crippen LogP contribution in [0.1, 0.15) is 23.1 Å². The molecular formula is C23H26N2O4. The van der Waals surface area contributed by atoms with Gasteiger partial charge in [-0.05, 0) is 49.1 Å². The Balaban J connectivity index is 2.02. The van der Waals surface area contributed by atoms with Crippen LogP contribution in [0.25, 0.3) is 5.57 Å². The fraction of sp³-hybridized carbons (Fsp3) is 0.304. The molecule has 152 valence electrons. The number of carbonyl (C=O) groups excluding carboxylic acids is 2. The van der Waals surface area contributed by atoms with Crippen molar-refractivity contribution in [1.82, 2.24) is 4.90 Å². The molecule has 1 N–H and O–H groups in total. The van der Waals surface area contributed by atoms with Crippen LogP contribution in [-0.2, 0) is 14.3 Å². The van der Waals surface area contributed by atoms with E-state index in [1.54, 1.807) is 20.3 Å². The molecule has 6 heteroatoms. The van der Waals surface area contributed by atoms with Gasteiger partial charge in [0.25, 0.3) is 11.8 Å². The molecule has 1 aliphatic heterocycles. The molecule has 2 amide bonds. The van der Waals surface area contributed by atoms with Crippen molar-refractivity contribution in [2.75, 3.05) is 32.7 Å². The number of imide groups is 1. The summed E-state index contributed by atoms with van der Waals surface area (Å²) in [5.74, 6) is 0.0407. The van der Waals surface area contributed by atoms with Gasteiger partial charge < -0.3 is 14.8 Å². The van der Waals surface area contributed by atoms with E-state index in [0.717, 1.165) is 16.7 Å². The van der Waals surface area contributed by atoms with E-state index < -0.39 is 0 Å². The van der Waals surface area contributed by atoms with Crippen LogP contribution in [-0.4, -0.2) is 44.1 Å². The van der Waals surface area contributed by atoms with Crippen molar-refractivity contribution in [2.45, 2.75) is 20.3 Å². The maximum Gasteiger partial charge on any atom is 0.278 e. The highest BCUT2D eigenvalue weighted by atomic mass is 16.5. The fourth-order valence-corrected chi connectivity index (χ4v) is 3.27. The van der Waals surface area contributed by atoms with E-state index in [1.807, 2.05) is 50.2 Å². The highest BCUT2D eigenvalue weighted by Crippen LogP contribution is 2.32. The number of nitrogens with one attached hydrogen (secondary N) is 1. The third-order valence-corrected chi connectivity index (χ3v) is 5.03. The monoisotopic (exact) mass is 394 g/mol. The van der Waals surface area contributed by atoms with Crippen LogP contribution in [0.15, 0.2) is 48.2 Å². The van der Waals surface area contributed by atoms with Crippen molar-refractivity contribution in [2.24, 2.45) is 0 Å². The Hall–Kier alpha value is -3.12. The third-order valence-electron chi connectivity index (χ3n) is 5.03. The second-order valence-electron chi connectivity index (χ2n) is 7.01. The number of aryl methyl sites for hydroxylation is 2. The smallest absolute Gasteiger partial charge is 0.278 e. The topological polar surface area (TPSA) is 67.9 Å². The highest BCUT2D eigenvalue weighted by Gasteiger charge is 2.39. The minimum Gasteiger partial charge on any atom is -0.497 e. The molecule has 3 rings (SSSR count). The average molecular weight is 394 g/mol. The zero-order chi connectivity index (χ0) is 21.0. The van der Waals surface area contributed by atoms with Gasteiger partial charge in [0.1, 0.15) is 11.4 Å². The molecule has 0 aliphatic carbocycles. The maximum atomic E-state index is 13.2. The first-order valence-electron chi connectivity index (χ1n) is 9.54. The molecule has 0 radical (unpaired) electrons. The number of anilines is 1. The van der Waals surface area contributed by atoms with Crippen LogP contribution in [0, 0.1) is 13.8 Å². The van der Waals surface area contributed by atoms with Gasteiger partial charge in [-0.15, -0.1) is 0 Å². The van der Waals surface area contributed by atoms with Gasteiger partial charge in [-0.2, -0.15) is 0 Å². The normalized spacial score (nSPS) is 14.0. The zero-order valence-corrected chi connectivity index (χ0v) is 17.2. The third kappa shape index (κ3) is 4.32. The molecule has 0 atom stereocenters. The van der Waals surface area contributed by atoms with Crippen LogP contribution in [0.5, 0.6) is 5.75 Å². The number of hydrogen-bond donors (Lipinski definition) is 1. The molecule has 2 aromatic rings. The number of nitrogens with zero attached hydrogens (tertiary/aromatic N) is 1. The molecule has 1 heterocycles. The molecule has 0 bridgehead atoms. The van der Waals surface area contributed by atoms with Gasteiger partial charge in [-0.3, -0.25) is 14.5 Å². The van der Waals surface area contributed by atoms with Gasteiger partial charge in [-0.1, -0.05) is 24.3 Å². The van der Waals surface area contributed by atoms with Gasteiger partial charge in [0, 0.05) is 32.0 Å². The zero-order valence-electron chi connectivity index (χ0n) is 17.2. The minimum absolute atomic E-state index is 0.281. The first-order chi connectivity index (χ1) is 14.0. The van der Waals surface area contributed by atoms with Crippen molar-refractivity contribution in [3.8, 4) is 5.75 Å². The Labute approximate surface area is 171 Å². The van der Waals surface area contributed by atoms with E-state index in [4.69, 9.17) is 9.47 Å². The van der Waals surface area contributed by atoms with E-state index in [2.05, 4.69) is 5.32 Å². The molecule has 0 fully saturated rings. The Morgan fingerprint density at radius 3 is 2.45 bits per heavy atom. The predicted octanol–water partition coefficient (Wildman–Crippen LogP) is 3.54. The summed E-state index contributed by atoms with van der Waals surface area (Å²) in [4.78, 5) is 27.6. The van der Waals surface area contributed by atoms with E-state index in [-0.39, 0.29) is 17.5 Å². The number of benzene rings is 2. The highest BCUT2D eigenvalue weighted by molar-refractivity contribution is 6.36. The molecule has 0 saturated carbocycles. The summed E-state index contributed by atoms with van der Waals surface area (Å²) in [5, 5.41) is 3.16. The van der Waals surface area contributed by atoms with Crippen LogP contribution in [0.4, 0.5) is 5.69 Å². The van der Waals surface area contributed by atoms with E-state index >= 15 is 0 Å². The molecule has 0 spiro atoms. The fourth-order valence-electron chi connectivity index (χ4n) is 3.27. The van der Waals surface area contributed by atoms with Crippen molar-refractivity contribution in [3.05, 3.63) is 64.9 Å². The second kappa shape index (κ2) is 8.92. The molecule has 0 saturated heterocycles. The van der Waals surface area contributed by atoms with E-state index in [9.17, 15) is 9.59 Å². The maximum absolute atomic E-state index is 13.2. The lowest BCUT2D eigenvalue weighted by Crippen LogP contribution is -2.33. The van der Waals surface area contributed by atoms with Crippen LogP contribution < -0.4 is 10.1 Å². The average Bonchev–Trinajstić information content (AvgIpc) is 2.94. The van der Waals surface area contributed by atoms with Gasteiger partial charge in [0.15, 0.2) is 0 Å². The summed E-state index contributed by atoms with van der Waals surface area (Å²) in [7, 11) is 3.18. The van der Waals surface area contributed by atoms with Crippen molar-refractivity contribution in [3.63, 3.8) is 0 Å². The summed E-state index contributed by atoms with van der Waals surface area (Å²) in [6.45, 7) is 4.80. The minimum atomic E-state index is -0.331. The Kier molecular flexibility index (Phi) is 6.34. The number of ether oxygens (including phenoxy) is 2. The van der Waals surface area contributed by atoms with Gasteiger partial charge in [-0.25, -0.2) is 0 Å². The molecule has 0 aromatic heterocycles. The number of rotatable bonds is 8. The summed E-state index contributed by atoms with van der Waals surface area (Å²) in [5.41, 5.74) is 4.27. The number of hydrogen-bond acceptors (Lipinski definition) is 5. The Bertz CT molecular complexity index is 965. The van der Waals surface area contributed by atoms with Gasteiger partial charge in [0.05, 0.1) is 12.7 Å². The van der Waals surface area contributed by atoms with Crippen LogP contribution in [0.3, 0.4) is 0 Å². The van der Waals surface area contributed by atoms with E-state index in [0.29, 0.717) is 36.6 Å².